The number of ether oxygens (including phenoxy) is 1. The van der Waals surface area contributed by atoms with Gasteiger partial charge in [0.1, 0.15) is 19.0 Å². The molecular formula is C34H33ClF3N7O8. The molecule has 0 spiro atoms. The van der Waals surface area contributed by atoms with Crippen molar-refractivity contribution in [2.45, 2.75) is 45.8 Å². The van der Waals surface area contributed by atoms with E-state index >= 15 is 0 Å². The van der Waals surface area contributed by atoms with Gasteiger partial charge in [0.15, 0.2) is 11.0 Å². The number of amides is 2. The van der Waals surface area contributed by atoms with Gasteiger partial charge in [-0.25, -0.2) is 19.4 Å². The van der Waals surface area contributed by atoms with Crippen LogP contribution in [0.5, 0.6) is 0 Å². The molecule has 15 nitrogen and oxygen atoms in total. The van der Waals surface area contributed by atoms with Crippen molar-refractivity contribution in [1.82, 2.24) is 20.2 Å². The molecule has 0 bridgehead atoms. The lowest BCUT2D eigenvalue weighted by Gasteiger charge is -2.18. The Balaban J connectivity index is 0.000000980. The molecule has 3 aromatic carbocycles. The van der Waals surface area contributed by atoms with E-state index in [9.17, 15) is 37.5 Å². The van der Waals surface area contributed by atoms with Crippen molar-refractivity contribution in [2.75, 3.05) is 11.1 Å². The number of hydrogen-bond acceptors (Lipinski definition) is 10. The number of benzene rings is 3. The van der Waals surface area contributed by atoms with Crippen molar-refractivity contribution in [3.63, 3.8) is 0 Å². The summed E-state index contributed by atoms with van der Waals surface area (Å²) in [6.45, 7) is 3.30. The first-order valence-corrected chi connectivity index (χ1v) is 15.7. The van der Waals surface area contributed by atoms with Gasteiger partial charge in [-0.05, 0) is 43.2 Å². The molecule has 0 radical (unpaired) electrons. The van der Waals surface area contributed by atoms with Crippen molar-refractivity contribution in [2.24, 2.45) is 0 Å². The Bertz CT molecular complexity index is 2040. The third-order valence-corrected chi connectivity index (χ3v) is 7.00. The SMILES string of the molecule is CC(C)Nc1nc(Cl)c(-c2cc(N)cc(C(=O)O)c2)n(CC(=O)NCc2ccc(C(=N)NC(=O)OCc3ccccc3)cc2)c1=O.O=C(O)C(F)(F)F. The molecule has 2 amide bonds. The van der Waals surface area contributed by atoms with Crippen LogP contribution >= 0.6 is 11.6 Å². The largest absolute Gasteiger partial charge is 0.490 e. The van der Waals surface area contributed by atoms with Crippen molar-refractivity contribution in [3.8, 4) is 11.3 Å². The molecule has 0 aliphatic rings. The average molecular weight is 760 g/mol. The summed E-state index contributed by atoms with van der Waals surface area (Å²) in [5.41, 5.74) is 7.42. The van der Waals surface area contributed by atoms with E-state index in [1.165, 1.54) is 18.2 Å². The number of alkyl carbamates (subject to hydrolysis) is 1. The van der Waals surface area contributed by atoms with Crippen LogP contribution in [0, 0.1) is 5.41 Å². The highest BCUT2D eigenvalue weighted by Gasteiger charge is 2.38. The molecule has 4 aromatic rings. The summed E-state index contributed by atoms with van der Waals surface area (Å²) in [6, 6.07) is 19.5. The number of alkyl halides is 3. The van der Waals surface area contributed by atoms with E-state index in [0.29, 0.717) is 11.1 Å². The van der Waals surface area contributed by atoms with E-state index in [0.717, 1.165) is 10.1 Å². The molecule has 53 heavy (non-hydrogen) atoms. The molecule has 19 heteroatoms. The maximum absolute atomic E-state index is 13.4. The lowest BCUT2D eigenvalue weighted by molar-refractivity contribution is -0.192. The molecule has 0 aliphatic carbocycles. The molecule has 1 aromatic heterocycles. The highest BCUT2D eigenvalue weighted by Crippen LogP contribution is 2.29. The summed E-state index contributed by atoms with van der Waals surface area (Å²) in [6.07, 6.45) is -5.85. The van der Waals surface area contributed by atoms with Crippen LogP contribution in [0.1, 0.15) is 40.9 Å². The zero-order valence-corrected chi connectivity index (χ0v) is 28.7. The minimum Gasteiger partial charge on any atom is -0.478 e. The number of nitrogen functional groups attached to an aromatic ring is 1. The van der Waals surface area contributed by atoms with Gasteiger partial charge in [-0.1, -0.05) is 66.2 Å². The normalized spacial score (nSPS) is 10.8. The summed E-state index contributed by atoms with van der Waals surface area (Å²) >= 11 is 6.50. The van der Waals surface area contributed by atoms with Crippen LogP contribution in [0.2, 0.25) is 5.15 Å². The number of carboxylic acids is 2. The monoisotopic (exact) mass is 759 g/mol. The molecule has 1 heterocycles. The smallest absolute Gasteiger partial charge is 0.478 e. The summed E-state index contributed by atoms with van der Waals surface area (Å²) < 4.78 is 38.0. The first kappa shape index (κ1) is 41.0. The second-order valence-electron chi connectivity index (χ2n) is 11.3. The number of aromatic nitrogens is 2. The van der Waals surface area contributed by atoms with Gasteiger partial charge in [0.25, 0.3) is 5.56 Å². The molecule has 0 unspecified atom stereocenters. The van der Waals surface area contributed by atoms with Gasteiger partial charge in [0, 0.05) is 29.4 Å². The lowest BCUT2D eigenvalue weighted by Crippen LogP contribution is -2.35. The van der Waals surface area contributed by atoms with E-state index in [4.69, 9.17) is 37.4 Å². The molecule has 0 saturated heterocycles. The Morgan fingerprint density at radius 1 is 0.981 bits per heavy atom. The third-order valence-electron chi connectivity index (χ3n) is 6.74. The number of carbonyl (C=O) groups excluding carboxylic acids is 2. The fraction of sp³-hybridized carbons (Fsp3) is 0.206. The van der Waals surface area contributed by atoms with E-state index < -0.39 is 42.2 Å². The van der Waals surface area contributed by atoms with Crippen LogP contribution in [0.4, 0.5) is 29.5 Å². The van der Waals surface area contributed by atoms with Gasteiger partial charge in [0.2, 0.25) is 5.91 Å². The van der Waals surface area contributed by atoms with Crippen LogP contribution < -0.4 is 27.2 Å². The summed E-state index contributed by atoms with van der Waals surface area (Å²) in [5, 5.41) is 32.7. The average Bonchev–Trinajstić information content (AvgIpc) is 3.08. The Morgan fingerprint density at radius 2 is 1.60 bits per heavy atom. The molecule has 0 aliphatic heterocycles. The Morgan fingerprint density at radius 3 is 2.17 bits per heavy atom. The fourth-order valence-electron chi connectivity index (χ4n) is 4.37. The third kappa shape index (κ3) is 12.4. The van der Waals surface area contributed by atoms with Crippen molar-refractivity contribution >= 4 is 52.9 Å². The highest BCUT2D eigenvalue weighted by molar-refractivity contribution is 6.32. The number of anilines is 2. The summed E-state index contributed by atoms with van der Waals surface area (Å²) in [5.74, 6) is -4.76. The topological polar surface area (TPSA) is 239 Å². The quantitative estimate of drug-likeness (QED) is 0.0619. The van der Waals surface area contributed by atoms with Crippen LogP contribution in [0.3, 0.4) is 0 Å². The minimum atomic E-state index is -5.08. The number of nitrogens with one attached hydrogen (secondary N) is 4. The second kappa shape index (κ2) is 18.2. The number of amidine groups is 1. The number of aliphatic carboxylic acids is 1. The van der Waals surface area contributed by atoms with Gasteiger partial charge in [0.05, 0.1) is 11.3 Å². The Kier molecular flexibility index (Phi) is 14.1. The Labute approximate surface area is 304 Å². The number of hydrogen-bond donors (Lipinski definition) is 7. The maximum atomic E-state index is 13.4. The van der Waals surface area contributed by atoms with Crippen molar-refractivity contribution in [1.29, 1.82) is 5.41 Å². The van der Waals surface area contributed by atoms with Gasteiger partial charge >= 0.3 is 24.2 Å². The standard InChI is InChI=1S/C32H32ClN7O6.C2HF3O2/c1-18(2)37-29-30(42)40(26(27(33)38-29)22-12-23(31(43)44)14-24(34)13-22)16-25(41)36-15-19-8-10-21(11-9-19)28(35)39-32(45)46-17-20-6-4-3-5-7-20;3-2(4,5)1(6)7/h3-14,18H,15-17,34H2,1-2H3,(H,36,41)(H,37,38)(H,43,44)(H2,35,39,45);(H,6,7). The van der Waals surface area contributed by atoms with Crippen LogP contribution in [0.25, 0.3) is 11.3 Å². The van der Waals surface area contributed by atoms with E-state index in [1.54, 1.807) is 38.1 Å². The zero-order valence-electron chi connectivity index (χ0n) is 28.0. The number of nitrogens with zero attached hydrogens (tertiary/aromatic N) is 2. The Hall–Kier alpha value is -6.43. The molecule has 0 atom stereocenters. The fourth-order valence-corrected chi connectivity index (χ4v) is 4.66. The van der Waals surface area contributed by atoms with Crippen LogP contribution in [-0.4, -0.2) is 61.8 Å². The number of carbonyl (C=O) groups is 4. The predicted molar refractivity (Wildman–Crippen MR) is 188 cm³/mol. The van der Waals surface area contributed by atoms with Crippen LogP contribution in [-0.2, 0) is 34.0 Å². The first-order chi connectivity index (χ1) is 24.8. The predicted octanol–water partition coefficient (Wildman–Crippen LogP) is 4.87. The number of rotatable bonds is 11. The van der Waals surface area contributed by atoms with Gasteiger partial charge < -0.3 is 31.3 Å². The van der Waals surface area contributed by atoms with Crippen molar-refractivity contribution < 1.29 is 47.3 Å². The van der Waals surface area contributed by atoms with Crippen molar-refractivity contribution in [3.05, 3.63) is 111 Å². The molecule has 280 valence electrons. The molecule has 8 N–H and O–H groups in total. The summed E-state index contributed by atoms with van der Waals surface area (Å²) in [4.78, 5) is 63.4. The van der Waals surface area contributed by atoms with Gasteiger partial charge in [-0.2, -0.15) is 13.2 Å². The molecule has 4 rings (SSSR count). The maximum Gasteiger partial charge on any atom is 0.490 e. The zero-order chi connectivity index (χ0) is 39.5. The number of halogens is 4. The lowest BCUT2D eigenvalue weighted by atomic mass is 10.1. The second-order valence-corrected chi connectivity index (χ2v) is 11.6. The highest BCUT2D eigenvalue weighted by atomic mass is 35.5. The number of aromatic carboxylic acids is 1. The van der Waals surface area contributed by atoms with E-state index in [1.807, 2.05) is 30.3 Å². The van der Waals surface area contributed by atoms with Gasteiger partial charge in [-0.3, -0.25) is 24.9 Å². The molecular weight excluding hydrogens is 727 g/mol. The number of carboxylic acid groups (broad SMARTS) is 2. The summed E-state index contributed by atoms with van der Waals surface area (Å²) in [7, 11) is 0. The van der Waals surface area contributed by atoms with Gasteiger partial charge in [-0.15, -0.1) is 0 Å². The van der Waals surface area contributed by atoms with Crippen LogP contribution in [0.15, 0.2) is 77.6 Å². The minimum absolute atomic E-state index is 0.0311. The first-order valence-electron chi connectivity index (χ1n) is 15.3. The molecule has 0 saturated carbocycles. The van der Waals surface area contributed by atoms with E-state index in [-0.39, 0.29) is 58.5 Å². The number of nitrogens with two attached hydrogens (primary N) is 1. The molecule has 0 fully saturated rings. The van der Waals surface area contributed by atoms with E-state index in [2.05, 4.69) is 20.9 Å².